The summed E-state index contributed by atoms with van der Waals surface area (Å²) in [7, 11) is 0. The van der Waals surface area contributed by atoms with Crippen LogP contribution in [0.1, 0.15) is 27.2 Å². The molecule has 1 heterocycles. The molecule has 1 N–H and O–H groups in total. The molecule has 1 amide bonds. The SMILES string of the molecule is C=CCSc1nnc(NC(=O)CC(C)(C)C)s1. The number of nitrogens with one attached hydrogen (secondary N) is 1. The van der Waals surface area contributed by atoms with Gasteiger partial charge in [0.15, 0.2) is 4.34 Å². The Kier molecular flexibility index (Phi) is 5.14. The Labute approximate surface area is 110 Å². The van der Waals surface area contributed by atoms with Crippen LogP contribution in [0.4, 0.5) is 5.13 Å². The fraction of sp³-hybridized carbons (Fsp3) is 0.545. The second kappa shape index (κ2) is 6.16. The molecule has 0 bridgehead atoms. The van der Waals surface area contributed by atoms with E-state index in [0.717, 1.165) is 10.1 Å². The first-order valence-electron chi connectivity index (χ1n) is 5.28. The van der Waals surface area contributed by atoms with E-state index in [1.807, 2.05) is 26.8 Å². The predicted octanol–water partition coefficient (Wildman–Crippen LogP) is 3.19. The summed E-state index contributed by atoms with van der Waals surface area (Å²) in [4.78, 5) is 11.7. The van der Waals surface area contributed by atoms with Crippen molar-refractivity contribution < 1.29 is 4.79 Å². The van der Waals surface area contributed by atoms with Crippen LogP contribution in [0.3, 0.4) is 0 Å². The average molecular weight is 271 g/mol. The van der Waals surface area contributed by atoms with E-state index in [1.165, 1.54) is 11.3 Å². The molecule has 0 saturated heterocycles. The Balaban J connectivity index is 2.48. The zero-order valence-corrected chi connectivity index (χ0v) is 12.0. The smallest absolute Gasteiger partial charge is 0.226 e. The molecule has 0 atom stereocenters. The van der Waals surface area contributed by atoms with Crippen LogP contribution in [0.25, 0.3) is 0 Å². The third-order valence-corrected chi connectivity index (χ3v) is 3.64. The minimum absolute atomic E-state index is 0.0187. The van der Waals surface area contributed by atoms with E-state index in [-0.39, 0.29) is 11.3 Å². The van der Waals surface area contributed by atoms with E-state index in [0.29, 0.717) is 11.6 Å². The van der Waals surface area contributed by atoms with Gasteiger partial charge in [0.1, 0.15) is 0 Å². The molecule has 0 aliphatic heterocycles. The van der Waals surface area contributed by atoms with Gasteiger partial charge in [0.25, 0.3) is 0 Å². The van der Waals surface area contributed by atoms with E-state index in [9.17, 15) is 4.79 Å². The largest absolute Gasteiger partial charge is 0.300 e. The zero-order valence-electron chi connectivity index (χ0n) is 10.3. The highest BCUT2D eigenvalue weighted by atomic mass is 32.2. The second-order valence-electron chi connectivity index (χ2n) is 4.76. The lowest BCUT2D eigenvalue weighted by Gasteiger charge is -2.16. The summed E-state index contributed by atoms with van der Waals surface area (Å²) in [5.41, 5.74) is -0.0187. The van der Waals surface area contributed by atoms with Crippen molar-refractivity contribution in [1.82, 2.24) is 10.2 Å². The highest BCUT2D eigenvalue weighted by molar-refractivity contribution is 8.01. The number of carbonyl (C=O) groups is 1. The van der Waals surface area contributed by atoms with Crippen molar-refractivity contribution in [2.45, 2.75) is 31.5 Å². The van der Waals surface area contributed by atoms with E-state index >= 15 is 0 Å². The van der Waals surface area contributed by atoms with Gasteiger partial charge in [-0.05, 0) is 5.41 Å². The minimum Gasteiger partial charge on any atom is -0.300 e. The lowest BCUT2D eigenvalue weighted by molar-refractivity contribution is -0.117. The van der Waals surface area contributed by atoms with Gasteiger partial charge in [-0.15, -0.1) is 16.8 Å². The Morgan fingerprint density at radius 3 is 2.82 bits per heavy atom. The molecule has 1 aromatic heterocycles. The maximum absolute atomic E-state index is 11.7. The van der Waals surface area contributed by atoms with Gasteiger partial charge in [0.2, 0.25) is 11.0 Å². The highest BCUT2D eigenvalue weighted by Crippen LogP contribution is 2.26. The van der Waals surface area contributed by atoms with Crippen LogP contribution in [0.2, 0.25) is 0 Å². The van der Waals surface area contributed by atoms with Gasteiger partial charge in [-0.1, -0.05) is 49.9 Å². The van der Waals surface area contributed by atoms with Gasteiger partial charge in [0, 0.05) is 12.2 Å². The number of aromatic nitrogens is 2. The molecule has 94 valence electrons. The molecule has 0 saturated carbocycles. The minimum atomic E-state index is -0.0195. The van der Waals surface area contributed by atoms with E-state index in [2.05, 4.69) is 22.1 Å². The Morgan fingerprint density at radius 2 is 2.24 bits per heavy atom. The van der Waals surface area contributed by atoms with Gasteiger partial charge < -0.3 is 5.32 Å². The molecule has 0 fully saturated rings. The number of carbonyl (C=O) groups excluding carboxylic acids is 1. The van der Waals surface area contributed by atoms with Crippen molar-refractivity contribution in [2.24, 2.45) is 5.41 Å². The molecule has 0 radical (unpaired) electrons. The third kappa shape index (κ3) is 5.83. The number of hydrogen-bond acceptors (Lipinski definition) is 5. The lowest BCUT2D eigenvalue weighted by Crippen LogP contribution is -2.19. The highest BCUT2D eigenvalue weighted by Gasteiger charge is 2.17. The number of thioether (sulfide) groups is 1. The molecule has 0 aliphatic carbocycles. The van der Waals surface area contributed by atoms with Crippen molar-refractivity contribution in [3.05, 3.63) is 12.7 Å². The normalized spacial score (nSPS) is 11.2. The first-order chi connectivity index (χ1) is 7.90. The van der Waals surface area contributed by atoms with Crippen LogP contribution in [-0.2, 0) is 4.79 Å². The molecule has 1 aromatic rings. The molecule has 1 rings (SSSR count). The summed E-state index contributed by atoms with van der Waals surface area (Å²) in [6.07, 6.45) is 2.28. The number of hydrogen-bond donors (Lipinski definition) is 1. The third-order valence-electron chi connectivity index (χ3n) is 1.67. The van der Waals surface area contributed by atoms with Gasteiger partial charge >= 0.3 is 0 Å². The topological polar surface area (TPSA) is 54.9 Å². The van der Waals surface area contributed by atoms with Crippen molar-refractivity contribution in [3.63, 3.8) is 0 Å². The molecule has 0 aromatic carbocycles. The molecule has 4 nitrogen and oxygen atoms in total. The molecule has 17 heavy (non-hydrogen) atoms. The summed E-state index contributed by atoms with van der Waals surface area (Å²) >= 11 is 2.95. The summed E-state index contributed by atoms with van der Waals surface area (Å²) in [6.45, 7) is 9.71. The monoisotopic (exact) mass is 271 g/mol. The van der Waals surface area contributed by atoms with Crippen molar-refractivity contribution in [1.29, 1.82) is 0 Å². The van der Waals surface area contributed by atoms with E-state index in [4.69, 9.17) is 0 Å². The first kappa shape index (κ1) is 14.2. The first-order valence-corrected chi connectivity index (χ1v) is 7.08. The standard InChI is InChI=1S/C11H17N3OS2/c1-5-6-16-10-14-13-9(17-10)12-8(15)7-11(2,3)4/h5H,1,6-7H2,2-4H3,(H,12,13,15). The van der Waals surface area contributed by atoms with E-state index < -0.39 is 0 Å². The quantitative estimate of drug-likeness (QED) is 0.507. The van der Waals surface area contributed by atoms with Crippen molar-refractivity contribution in [3.8, 4) is 0 Å². The van der Waals surface area contributed by atoms with E-state index in [1.54, 1.807) is 11.8 Å². The lowest BCUT2D eigenvalue weighted by atomic mass is 9.92. The maximum atomic E-state index is 11.7. The summed E-state index contributed by atoms with van der Waals surface area (Å²) in [6, 6.07) is 0. The van der Waals surface area contributed by atoms with Crippen molar-refractivity contribution in [2.75, 3.05) is 11.1 Å². The van der Waals surface area contributed by atoms with Crippen LogP contribution in [0.15, 0.2) is 17.0 Å². The molecular weight excluding hydrogens is 254 g/mol. The summed E-state index contributed by atoms with van der Waals surface area (Å²) < 4.78 is 0.843. The fourth-order valence-corrected chi connectivity index (χ4v) is 2.62. The van der Waals surface area contributed by atoms with Crippen LogP contribution < -0.4 is 5.32 Å². The fourth-order valence-electron chi connectivity index (χ4n) is 1.09. The zero-order chi connectivity index (χ0) is 12.9. The number of rotatable bonds is 5. The number of anilines is 1. The maximum Gasteiger partial charge on any atom is 0.226 e. The Morgan fingerprint density at radius 1 is 1.53 bits per heavy atom. The van der Waals surface area contributed by atoms with Crippen LogP contribution in [0.5, 0.6) is 0 Å². The number of nitrogens with zero attached hydrogens (tertiary/aromatic N) is 2. The summed E-state index contributed by atoms with van der Waals surface area (Å²) in [5, 5.41) is 11.2. The average Bonchev–Trinajstić information content (AvgIpc) is 2.59. The summed E-state index contributed by atoms with van der Waals surface area (Å²) in [5.74, 6) is 0.777. The second-order valence-corrected chi connectivity index (χ2v) is 7.00. The molecular formula is C11H17N3OS2. The Bertz CT molecular complexity index is 396. The molecule has 0 unspecified atom stereocenters. The van der Waals surface area contributed by atoms with Crippen LogP contribution in [0, 0.1) is 5.41 Å². The van der Waals surface area contributed by atoms with Gasteiger partial charge in [-0.2, -0.15) is 0 Å². The molecule has 0 aliphatic rings. The van der Waals surface area contributed by atoms with Gasteiger partial charge in [-0.3, -0.25) is 4.79 Å². The predicted molar refractivity (Wildman–Crippen MR) is 73.5 cm³/mol. The van der Waals surface area contributed by atoms with Gasteiger partial charge in [-0.25, -0.2) is 0 Å². The molecule has 6 heteroatoms. The van der Waals surface area contributed by atoms with Crippen LogP contribution >= 0.6 is 23.1 Å². The molecule has 0 spiro atoms. The Hall–Kier alpha value is -0.880. The van der Waals surface area contributed by atoms with Crippen molar-refractivity contribution >= 4 is 34.1 Å². The van der Waals surface area contributed by atoms with Gasteiger partial charge in [0.05, 0.1) is 0 Å². The number of amides is 1. The van der Waals surface area contributed by atoms with Crippen LogP contribution in [-0.4, -0.2) is 21.9 Å².